The van der Waals surface area contributed by atoms with Crippen LogP contribution in [0.25, 0.3) is 0 Å². The summed E-state index contributed by atoms with van der Waals surface area (Å²) in [5.41, 5.74) is 4.15. The van der Waals surface area contributed by atoms with Crippen LogP contribution in [0.2, 0.25) is 0 Å². The molecule has 144 valence electrons. The summed E-state index contributed by atoms with van der Waals surface area (Å²) in [5, 5.41) is 3.03. The summed E-state index contributed by atoms with van der Waals surface area (Å²) in [7, 11) is 3.30. The van der Waals surface area contributed by atoms with Crippen molar-refractivity contribution in [2.75, 3.05) is 50.6 Å². The smallest absolute Gasteiger partial charge is 0.321 e. The maximum Gasteiger partial charge on any atom is 0.321 e. The van der Waals surface area contributed by atoms with Crippen molar-refractivity contribution in [2.45, 2.75) is 13.8 Å². The molecule has 0 aromatic heterocycles. The fourth-order valence-corrected chi connectivity index (χ4v) is 3.34. The van der Waals surface area contributed by atoms with Crippen molar-refractivity contribution in [1.82, 2.24) is 4.90 Å². The molecule has 3 rings (SSSR count). The third-order valence-corrected chi connectivity index (χ3v) is 4.92. The molecule has 0 bridgehead atoms. The van der Waals surface area contributed by atoms with Gasteiger partial charge in [-0.25, -0.2) is 4.79 Å². The molecular formula is C21H27N3O3. The molecule has 6 nitrogen and oxygen atoms in total. The number of amides is 2. The van der Waals surface area contributed by atoms with Crippen molar-refractivity contribution in [3.8, 4) is 11.5 Å². The second kappa shape index (κ2) is 8.20. The van der Waals surface area contributed by atoms with Gasteiger partial charge in [0.05, 0.1) is 19.9 Å². The molecule has 2 aromatic carbocycles. The highest BCUT2D eigenvalue weighted by atomic mass is 16.5. The lowest BCUT2D eigenvalue weighted by atomic mass is 10.1. The lowest BCUT2D eigenvalue weighted by Crippen LogP contribution is -2.50. The fourth-order valence-electron chi connectivity index (χ4n) is 3.34. The number of carbonyl (C=O) groups excluding carboxylic acids is 1. The monoisotopic (exact) mass is 369 g/mol. The SMILES string of the molecule is COc1ccc(N2CCN(C(=O)Nc3ccc(C)cc3C)CC2)c(OC)c1. The molecule has 0 atom stereocenters. The molecule has 2 amide bonds. The van der Waals surface area contributed by atoms with E-state index < -0.39 is 0 Å². The quantitative estimate of drug-likeness (QED) is 0.893. The molecular weight excluding hydrogens is 342 g/mol. The molecule has 0 radical (unpaired) electrons. The molecule has 0 aliphatic carbocycles. The fraction of sp³-hybridized carbons (Fsp3) is 0.381. The van der Waals surface area contributed by atoms with Crippen LogP contribution in [0.1, 0.15) is 11.1 Å². The van der Waals surface area contributed by atoms with Crippen molar-refractivity contribution in [1.29, 1.82) is 0 Å². The average molecular weight is 369 g/mol. The lowest BCUT2D eigenvalue weighted by Gasteiger charge is -2.36. The Morgan fingerprint density at radius 2 is 1.70 bits per heavy atom. The topological polar surface area (TPSA) is 54.0 Å². The van der Waals surface area contributed by atoms with Crippen LogP contribution in [-0.4, -0.2) is 51.3 Å². The van der Waals surface area contributed by atoms with Gasteiger partial charge in [-0.2, -0.15) is 0 Å². The van der Waals surface area contributed by atoms with Crippen LogP contribution in [0.4, 0.5) is 16.2 Å². The zero-order valence-electron chi connectivity index (χ0n) is 16.4. The van der Waals surface area contributed by atoms with Crippen LogP contribution >= 0.6 is 0 Å². The van der Waals surface area contributed by atoms with Gasteiger partial charge in [-0.3, -0.25) is 0 Å². The molecule has 1 aliphatic heterocycles. The second-order valence-corrected chi connectivity index (χ2v) is 6.76. The summed E-state index contributed by atoms with van der Waals surface area (Å²) >= 11 is 0. The molecule has 27 heavy (non-hydrogen) atoms. The number of aryl methyl sites for hydroxylation is 2. The van der Waals surface area contributed by atoms with Gasteiger partial charge in [0.2, 0.25) is 0 Å². The normalized spacial score (nSPS) is 14.1. The third-order valence-electron chi connectivity index (χ3n) is 4.92. The van der Waals surface area contributed by atoms with E-state index in [2.05, 4.69) is 16.3 Å². The number of piperazine rings is 1. The number of nitrogens with zero attached hydrogens (tertiary/aromatic N) is 2. The van der Waals surface area contributed by atoms with Crippen LogP contribution < -0.4 is 19.7 Å². The standard InChI is InChI=1S/C21H27N3O3/c1-15-5-7-18(16(2)13-15)22-21(25)24-11-9-23(10-12-24)19-8-6-17(26-3)14-20(19)27-4/h5-8,13-14H,9-12H2,1-4H3,(H,22,25). The van der Waals surface area contributed by atoms with Gasteiger partial charge < -0.3 is 24.6 Å². The highest BCUT2D eigenvalue weighted by molar-refractivity contribution is 5.90. The van der Waals surface area contributed by atoms with E-state index in [9.17, 15) is 4.79 Å². The number of anilines is 2. The van der Waals surface area contributed by atoms with Crippen LogP contribution in [0.3, 0.4) is 0 Å². The van der Waals surface area contributed by atoms with E-state index in [0.29, 0.717) is 13.1 Å². The molecule has 6 heteroatoms. The molecule has 0 unspecified atom stereocenters. The maximum absolute atomic E-state index is 12.6. The Bertz CT molecular complexity index is 814. The van der Waals surface area contributed by atoms with Crippen molar-refractivity contribution in [3.05, 3.63) is 47.5 Å². The van der Waals surface area contributed by atoms with Crippen LogP contribution in [0, 0.1) is 13.8 Å². The molecule has 1 saturated heterocycles. The number of methoxy groups -OCH3 is 2. The van der Waals surface area contributed by atoms with E-state index in [1.165, 1.54) is 5.56 Å². The minimum atomic E-state index is -0.0525. The highest BCUT2D eigenvalue weighted by Crippen LogP contribution is 2.32. The van der Waals surface area contributed by atoms with Crippen LogP contribution in [-0.2, 0) is 0 Å². The predicted octanol–water partition coefficient (Wildman–Crippen LogP) is 3.67. The molecule has 1 heterocycles. The van der Waals surface area contributed by atoms with Gasteiger partial charge >= 0.3 is 6.03 Å². The molecule has 1 aliphatic rings. The number of hydrogen-bond donors (Lipinski definition) is 1. The van der Waals surface area contributed by atoms with Gasteiger partial charge in [-0.1, -0.05) is 17.7 Å². The largest absolute Gasteiger partial charge is 0.497 e. The summed E-state index contributed by atoms with van der Waals surface area (Å²) in [6.45, 7) is 6.88. The Morgan fingerprint density at radius 1 is 0.963 bits per heavy atom. The second-order valence-electron chi connectivity index (χ2n) is 6.76. The summed E-state index contributed by atoms with van der Waals surface area (Å²) in [6.07, 6.45) is 0. The minimum absolute atomic E-state index is 0.0525. The van der Waals surface area contributed by atoms with Crippen molar-refractivity contribution in [2.24, 2.45) is 0 Å². The first-order valence-electron chi connectivity index (χ1n) is 9.12. The molecule has 1 fully saturated rings. The average Bonchev–Trinajstić information content (AvgIpc) is 2.69. The number of nitrogens with one attached hydrogen (secondary N) is 1. The Hall–Kier alpha value is -2.89. The molecule has 1 N–H and O–H groups in total. The number of carbonyl (C=O) groups is 1. The maximum atomic E-state index is 12.6. The first-order chi connectivity index (χ1) is 13.0. The van der Waals surface area contributed by atoms with E-state index in [4.69, 9.17) is 9.47 Å². The number of rotatable bonds is 4. The number of urea groups is 1. The van der Waals surface area contributed by atoms with E-state index in [-0.39, 0.29) is 6.03 Å². The van der Waals surface area contributed by atoms with Gasteiger partial charge in [0, 0.05) is 37.9 Å². The Balaban J connectivity index is 1.62. The van der Waals surface area contributed by atoms with Crippen LogP contribution in [0.15, 0.2) is 36.4 Å². The Morgan fingerprint density at radius 3 is 2.33 bits per heavy atom. The van der Waals surface area contributed by atoms with Crippen LogP contribution in [0.5, 0.6) is 11.5 Å². The lowest BCUT2D eigenvalue weighted by molar-refractivity contribution is 0.208. The van der Waals surface area contributed by atoms with Crippen molar-refractivity contribution < 1.29 is 14.3 Å². The molecule has 0 saturated carbocycles. The summed E-state index contributed by atoms with van der Waals surface area (Å²) in [5.74, 6) is 1.55. The Labute approximate surface area is 160 Å². The molecule has 2 aromatic rings. The highest BCUT2D eigenvalue weighted by Gasteiger charge is 2.23. The summed E-state index contributed by atoms with van der Waals surface area (Å²) in [4.78, 5) is 16.7. The van der Waals surface area contributed by atoms with Crippen molar-refractivity contribution in [3.63, 3.8) is 0 Å². The van der Waals surface area contributed by atoms with Crippen molar-refractivity contribution >= 4 is 17.4 Å². The van der Waals surface area contributed by atoms with Gasteiger partial charge in [-0.05, 0) is 37.6 Å². The zero-order valence-corrected chi connectivity index (χ0v) is 16.4. The third kappa shape index (κ3) is 4.27. The first kappa shape index (κ1) is 18.9. The van der Waals surface area contributed by atoms with Gasteiger partial charge in [-0.15, -0.1) is 0 Å². The number of ether oxygens (including phenoxy) is 2. The Kier molecular flexibility index (Phi) is 5.74. The zero-order chi connectivity index (χ0) is 19.4. The summed E-state index contributed by atoms with van der Waals surface area (Å²) in [6, 6.07) is 11.8. The van der Waals surface area contributed by atoms with E-state index in [0.717, 1.165) is 41.5 Å². The van der Waals surface area contributed by atoms with E-state index in [1.54, 1.807) is 14.2 Å². The number of hydrogen-bond acceptors (Lipinski definition) is 4. The summed E-state index contributed by atoms with van der Waals surface area (Å²) < 4.78 is 10.8. The van der Waals surface area contributed by atoms with Gasteiger partial charge in [0.25, 0.3) is 0 Å². The first-order valence-corrected chi connectivity index (χ1v) is 9.12. The minimum Gasteiger partial charge on any atom is -0.497 e. The van der Waals surface area contributed by atoms with E-state index in [1.807, 2.05) is 49.1 Å². The van der Waals surface area contributed by atoms with Gasteiger partial charge in [0.1, 0.15) is 11.5 Å². The van der Waals surface area contributed by atoms with Gasteiger partial charge in [0.15, 0.2) is 0 Å². The number of benzene rings is 2. The van der Waals surface area contributed by atoms with E-state index >= 15 is 0 Å². The predicted molar refractivity (Wildman–Crippen MR) is 108 cm³/mol. The molecule has 0 spiro atoms.